The Morgan fingerprint density at radius 3 is 2.74 bits per heavy atom. The third-order valence-corrected chi connectivity index (χ3v) is 8.66. The summed E-state index contributed by atoms with van der Waals surface area (Å²) >= 11 is 6.19. The second-order valence-corrected chi connectivity index (χ2v) is 11.4. The van der Waals surface area contributed by atoms with Gasteiger partial charge in [-0.15, -0.1) is 0 Å². The average Bonchev–Trinajstić information content (AvgIpc) is 3.47. The molecule has 2 fully saturated rings. The molecule has 4 heterocycles. The van der Waals surface area contributed by atoms with Crippen molar-refractivity contribution in [1.82, 2.24) is 24.6 Å². The molecule has 0 aliphatic carbocycles. The number of carboxylic acids is 1. The van der Waals surface area contributed by atoms with E-state index in [0.717, 1.165) is 77.7 Å². The molecule has 2 saturated heterocycles. The van der Waals surface area contributed by atoms with Gasteiger partial charge in [0.1, 0.15) is 11.3 Å². The minimum absolute atomic E-state index is 0.0223. The van der Waals surface area contributed by atoms with E-state index in [9.17, 15) is 15.0 Å². The molecule has 38 heavy (non-hydrogen) atoms. The number of rotatable bonds is 7. The SMILES string of the molecule is Cc1cc(Cl)ccc1C(C)n1nc(C)c2ncc(N3CCC(N4CCCC4CC(O)C(=O)O)C(C)C3)nc21. The number of aliphatic hydroxyl groups is 1. The van der Waals surface area contributed by atoms with E-state index in [1.165, 1.54) is 0 Å². The highest BCUT2D eigenvalue weighted by Crippen LogP contribution is 2.33. The Morgan fingerprint density at radius 1 is 1.24 bits per heavy atom. The summed E-state index contributed by atoms with van der Waals surface area (Å²) in [6.07, 6.45) is 3.78. The van der Waals surface area contributed by atoms with Crippen molar-refractivity contribution in [1.29, 1.82) is 0 Å². The van der Waals surface area contributed by atoms with Crippen molar-refractivity contribution in [3.8, 4) is 0 Å². The van der Waals surface area contributed by atoms with Crippen LogP contribution in [0.2, 0.25) is 5.02 Å². The maximum Gasteiger partial charge on any atom is 0.332 e. The van der Waals surface area contributed by atoms with Crippen LogP contribution in [0, 0.1) is 19.8 Å². The van der Waals surface area contributed by atoms with Crippen LogP contribution in [-0.4, -0.2) is 78.7 Å². The van der Waals surface area contributed by atoms with E-state index in [1.54, 1.807) is 0 Å². The molecule has 0 spiro atoms. The first-order valence-electron chi connectivity index (χ1n) is 13.5. The average molecular weight is 541 g/mol. The van der Waals surface area contributed by atoms with E-state index < -0.39 is 12.1 Å². The molecule has 0 radical (unpaired) electrons. The molecule has 10 heteroatoms. The van der Waals surface area contributed by atoms with Crippen molar-refractivity contribution >= 4 is 34.6 Å². The molecular weight excluding hydrogens is 504 g/mol. The molecule has 5 rings (SSSR count). The molecule has 2 aromatic heterocycles. The third kappa shape index (κ3) is 5.11. The number of carbonyl (C=O) groups is 1. The quantitative estimate of drug-likeness (QED) is 0.458. The Labute approximate surface area is 228 Å². The van der Waals surface area contributed by atoms with Gasteiger partial charge in [0, 0.05) is 30.2 Å². The van der Waals surface area contributed by atoms with Crippen LogP contribution in [0.3, 0.4) is 0 Å². The number of benzene rings is 1. The van der Waals surface area contributed by atoms with E-state index in [2.05, 4.69) is 36.6 Å². The number of nitrogens with zero attached hydrogens (tertiary/aromatic N) is 6. The molecule has 1 aromatic carbocycles. The number of anilines is 1. The smallest absolute Gasteiger partial charge is 0.332 e. The lowest BCUT2D eigenvalue weighted by atomic mass is 9.91. The van der Waals surface area contributed by atoms with Gasteiger partial charge in [-0.3, -0.25) is 4.90 Å². The monoisotopic (exact) mass is 540 g/mol. The summed E-state index contributed by atoms with van der Waals surface area (Å²) in [5, 5.41) is 24.6. The van der Waals surface area contributed by atoms with E-state index in [4.69, 9.17) is 26.7 Å². The van der Waals surface area contributed by atoms with Crippen LogP contribution in [0.15, 0.2) is 24.4 Å². The Balaban J connectivity index is 1.35. The fourth-order valence-electron chi connectivity index (χ4n) is 6.44. The number of piperidine rings is 1. The minimum atomic E-state index is -1.30. The van der Waals surface area contributed by atoms with Crippen LogP contribution in [0.4, 0.5) is 5.82 Å². The normalized spacial score (nSPS) is 24.2. The van der Waals surface area contributed by atoms with Crippen molar-refractivity contribution < 1.29 is 15.0 Å². The van der Waals surface area contributed by atoms with Gasteiger partial charge in [-0.05, 0) is 82.2 Å². The van der Waals surface area contributed by atoms with Gasteiger partial charge >= 0.3 is 5.97 Å². The standard InChI is InChI=1S/C28H37ClN6O3/c1-16-12-20(29)7-8-22(16)19(4)35-27-26(18(3)32-35)30-14-25(31-27)33-11-9-23(17(2)15-33)34-10-5-6-21(34)13-24(36)28(37)38/h7-8,12,14,17,19,21,23-24,36H,5-6,9-11,13,15H2,1-4H3,(H,37,38). The number of hydrogen-bond acceptors (Lipinski definition) is 7. The maximum absolute atomic E-state index is 11.2. The second kappa shape index (κ2) is 10.8. The summed E-state index contributed by atoms with van der Waals surface area (Å²) in [5.74, 6) is 0.0815. The van der Waals surface area contributed by atoms with Crippen LogP contribution in [0.1, 0.15) is 62.4 Å². The van der Waals surface area contributed by atoms with Crippen LogP contribution in [0.5, 0.6) is 0 Å². The summed E-state index contributed by atoms with van der Waals surface area (Å²) < 4.78 is 1.97. The Hall–Kier alpha value is -2.75. The highest BCUT2D eigenvalue weighted by atomic mass is 35.5. The molecule has 5 unspecified atom stereocenters. The number of fused-ring (bicyclic) bond motifs is 1. The van der Waals surface area contributed by atoms with Crippen LogP contribution in [-0.2, 0) is 4.79 Å². The summed E-state index contributed by atoms with van der Waals surface area (Å²) in [7, 11) is 0. The highest BCUT2D eigenvalue weighted by molar-refractivity contribution is 6.30. The first-order valence-corrected chi connectivity index (χ1v) is 13.9. The maximum atomic E-state index is 11.2. The van der Waals surface area contributed by atoms with Gasteiger partial charge in [0.2, 0.25) is 0 Å². The molecule has 3 aromatic rings. The predicted octanol–water partition coefficient (Wildman–Crippen LogP) is 4.22. The largest absolute Gasteiger partial charge is 0.479 e. The molecule has 2 aliphatic rings. The van der Waals surface area contributed by atoms with Gasteiger partial charge < -0.3 is 15.1 Å². The predicted molar refractivity (Wildman–Crippen MR) is 148 cm³/mol. The molecule has 2 N–H and O–H groups in total. The van der Waals surface area contributed by atoms with Crippen molar-refractivity contribution in [2.45, 2.75) is 77.6 Å². The summed E-state index contributed by atoms with van der Waals surface area (Å²) in [6.45, 7) is 11.1. The van der Waals surface area contributed by atoms with E-state index >= 15 is 0 Å². The van der Waals surface area contributed by atoms with Gasteiger partial charge in [0.05, 0.1) is 17.9 Å². The lowest BCUT2D eigenvalue weighted by molar-refractivity contribution is -0.147. The third-order valence-electron chi connectivity index (χ3n) is 8.42. The van der Waals surface area contributed by atoms with Crippen molar-refractivity contribution in [3.05, 3.63) is 46.2 Å². The lowest BCUT2D eigenvalue weighted by Crippen LogP contribution is -2.52. The van der Waals surface area contributed by atoms with Crippen molar-refractivity contribution in [3.63, 3.8) is 0 Å². The first kappa shape index (κ1) is 26.8. The van der Waals surface area contributed by atoms with Gasteiger partial charge in [0.15, 0.2) is 11.8 Å². The summed E-state index contributed by atoms with van der Waals surface area (Å²) in [5.41, 5.74) is 4.70. The van der Waals surface area contributed by atoms with Crippen LogP contribution >= 0.6 is 11.6 Å². The van der Waals surface area contributed by atoms with E-state index in [1.807, 2.05) is 29.9 Å². The van der Waals surface area contributed by atoms with Crippen LogP contribution in [0.25, 0.3) is 11.2 Å². The Morgan fingerprint density at radius 2 is 2.03 bits per heavy atom. The number of halogens is 1. The highest BCUT2D eigenvalue weighted by Gasteiger charge is 2.38. The fraction of sp³-hybridized carbons (Fsp3) is 0.571. The minimum Gasteiger partial charge on any atom is -0.479 e. The van der Waals surface area contributed by atoms with Gasteiger partial charge in [-0.2, -0.15) is 5.10 Å². The summed E-state index contributed by atoms with van der Waals surface area (Å²) in [6, 6.07) is 6.39. The molecule has 5 atom stereocenters. The number of aromatic nitrogens is 4. The van der Waals surface area contributed by atoms with Gasteiger partial charge in [-0.1, -0.05) is 24.6 Å². The van der Waals surface area contributed by atoms with Crippen molar-refractivity contribution in [2.75, 3.05) is 24.5 Å². The number of aliphatic hydroxyl groups excluding tert-OH is 1. The molecule has 0 saturated carbocycles. The second-order valence-electron chi connectivity index (χ2n) is 11.0. The lowest BCUT2D eigenvalue weighted by Gasteiger charge is -2.44. The van der Waals surface area contributed by atoms with Crippen LogP contribution < -0.4 is 4.90 Å². The zero-order valence-corrected chi connectivity index (χ0v) is 23.3. The molecule has 2 aliphatic heterocycles. The van der Waals surface area contributed by atoms with E-state index in [0.29, 0.717) is 18.4 Å². The number of aryl methyl sites for hydroxylation is 2. The number of carboxylic acid groups (broad SMARTS) is 1. The topological polar surface area (TPSA) is 108 Å². The molecule has 0 bridgehead atoms. The molecule has 204 valence electrons. The van der Waals surface area contributed by atoms with Gasteiger partial charge in [-0.25, -0.2) is 19.4 Å². The number of likely N-dealkylation sites (tertiary alicyclic amines) is 1. The Kier molecular flexibility index (Phi) is 7.62. The molecule has 9 nitrogen and oxygen atoms in total. The zero-order valence-electron chi connectivity index (χ0n) is 22.5. The van der Waals surface area contributed by atoms with Crippen molar-refractivity contribution in [2.24, 2.45) is 5.92 Å². The summed E-state index contributed by atoms with van der Waals surface area (Å²) in [4.78, 5) is 25.8. The Bertz CT molecular complexity index is 1330. The first-order chi connectivity index (χ1) is 18.1. The molecular formula is C28H37ClN6O3. The van der Waals surface area contributed by atoms with Gasteiger partial charge in [0.25, 0.3) is 0 Å². The number of aliphatic carboxylic acids is 1. The fourth-order valence-corrected chi connectivity index (χ4v) is 6.67. The molecule has 0 amide bonds. The number of hydrogen-bond donors (Lipinski definition) is 2. The van der Waals surface area contributed by atoms with E-state index in [-0.39, 0.29) is 12.1 Å². The zero-order chi connectivity index (χ0) is 27.1.